The summed E-state index contributed by atoms with van der Waals surface area (Å²) in [5.41, 5.74) is 0.691. The number of nitrogens with zero attached hydrogens (tertiary/aromatic N) is 4. The number of likely N-dealkylation sites (tertiary alicyclic amines) is 2. The predicted octanol–water partition coefficient (Wildman–Crippen LogP) is 1.52. The summed E-state index contributed by atoms with van der Waals surface area (Å²) in [7, 11) is 2.16. The number of hydrogen-bond acceptors (Lipinski definition) is 6. The molecule has 3 aliphatic heterocycles. The van der Waals surface area contributed by atoms with E-state index in [9.17, 15) is 4.79 Å². The van der Waals surface area contributed by atoms with Crippen LogP contribution in [0.4, 0.5) is 5.82 Å². The lowest BCUT2D eigenvalue weighted by atomic mass is 10.0. The maximum Gasteiger partial charge on any atom is 0.255 e. The minimum absolute atomic E-state index is 0.108. The summed E-state index contributed by atoms with van der Waals surface area (Å²) in [5, 5.41) is 3.51. The minimum atomic E-state index is 0.108. The Bertz CT molecular complexity index is 639. The summed E-state index contributed by atoms with van der Waals surface area (Å²) < 4.78 is 5.45. The molecule has 3 aliphatic rings. The Morgan fingerprint density at radius 1 is 1.11 bits per heavy atom. The van der Waals surface area contributed by atoms with Crippen LogP contribution in [0.1, 0.15) is 36.0 Å². The van der Waals surface area contributed by atoms with Gasteiger partial charge >= 0.3 is 0 Å². The van der Waals surface area contributed by atoms with E-state index < -0.39 is 0 Å². The summed E-state index contributed by atoms with van der Waals surface area (Å²) in [5.74, 6) is 0.972. The molecule has 3 saturated heterocycles. The zero-order valence-electron chi connectivity index (χ0n) is 17.0. The van der Waals surface area contributed by atoms with E-state index in [0.717, 1.165) is 64.6 Å². The molecule has 0 aromatic carbocycles. The topological polar surface area (TPSA) is 60.9 Å². The van der Waals surface area contributed by atoms with E-state index in [0.29, 0.717) is 17.6 Å². The molecule has 0 spiro atoms. The van der Waals surface area contributed by atoms with Gasteiger partial charge in [-0.05, 0) is 51.4 Å². The fourth-order valence-corrected chi connectivity index (χ4v) is 4.66. The molecule has 0 saturated carbocycles. The summed E-state index contributed by atoms with van der Waals surface area (Å²) in [6.07, 6.45) is 6.21. The number of pyridine rings is 1. The molecular formula is C21H33N5O2. The summed E-state index contributed by atoms with van der Waals surface area (Å²) in [4.78, 5) is 24.2. The fourth-order valence-electron chi connectivity index (χ4n) is 4.66. The van der Waals surface area contributed by atoms with Crippen molar-refractivity contribution in [3.63, 3.8) is 0 Å². The van der Waals surface area contributed by atoms with Crippen LogP contribution >= 0.6 is 0 Å². The first-order chi connectivity index (χ1) is 13.7. The number of morpholine rings is 1. The second-order valence-corrected chi connectivity index (χ2v) is 8.35. The lowest BCUT2D eigenvalue weighted by molar-refractivity contribution is 0.00158. The highest BCUT2D eigenvalue weighted by atomic mass is 16.5. The normalized spacial score (nSPS) is 25.6. The van der Waals surface area contributed by atoms with Crippen LogP contribution in [0.5, 0.6) is 0 Å². The SMILES string of the molecule is CN1CCCC(Nc2ccc(C(=O)N3CCC(N4CCOCC4)CC3)cn2)C1. The summed E-state index contributed by atoms with van der Waals surface area (Å²) >= 11 is 0. The van der Waals surface area contributed by atoms with Gasteiger partial charge in [-0.25, -0.2) is 4.98 Å². The molecule has 3 fully saturated rings. The number of anilines is 1. The zero-order chi connectivity index (χ0) is 19.3. The molecule has 4 heterocycles. The third-order valence-electron chi connectivity index (χ3n) is 6.30. The van der Waals surface area contributed by atoms with Crippen molar-refractivity contribution in [1.82, 2.24) is 19.7 Å². The Balaban J connectivity index is 1.27. The number of likely N-dealkylation sites (N-methyl/N-ethyl adjacent to an activating group) is 1. The molecule has 4 rings (SSSR count). The number of hydrogen-bond donors (Lipinski definition) is 1. The van der Waals surface area contributed by atoms with Gasteiger partial charge in [-0.1, -0.05) is 0 Å². The Morgan fingerprint density at radius 2 is 1.89 bits per heavy atom. The van der Waals surface area contributed by atoms with Gasteiger partial charge in [0.1, 0.15) is 5.82 Å². The Hall–Kier alpha value is -1.70. The van der Waals surface area contributed by atoms with E-state index in [2.05, 4.69) is 27.1 Å². The molecular weight excluding hydrogens is 354 g/mol. The number of carbonyl (C=O) groups excluding carboxylic acids is 1. The lowest BCUT2D eigenvalue weighted by Gasteiger charge is -2.40. The van der Waals surface area contributed by atoms with Crippen LogP contribution < -0.4 is 5.32 Å². The molecule has 1 amide bonds. The van der Waals surface area contributed by atoms with Gasteiger partial charge in [-0.3, -0.25) is 9.69 Å². The van der Waals surface area contributed by atoms with Crippen molar-refractivity contribution in [2.45, 2.75) is 37.8 Å². The van der Waals surface area contributed by atoms with Crippen molar-refractivity contribution >= 4 is 11.7 Å². The number of piperidine rings is 2. The Labute approximate surface area is 168 Å². The van der Waals surface area contributed by atoms with Crippen molar-refractivity contribution in [1.29, 1.82) is 0 Å². The third kappa shape index (κ3) is 4.82. The van der Waals surface area contributed by atoms with Gasteiger partial charge in [0.05, 0.1) is 18.8 Å². The lowest BCUT2D eigenvalue weighted by Crippen LogP contribution is -2.50. The highest BCUT2D eigenvalue weighted by Gasteiger charge is 2.28. The van der Waals surface area contributed by atoms with Gasteiger partial charge in [-0.15, -0.1) is 0 Å². The van der Waals surface area contributed by atoms with E-state index in [4.69, 9.17) is 4.74 Å². The number of amides is 1. The molecule has 0 aliphatic carbocycles. The number of carbonyl (C=O) groups is 1. The first-order valence-electron chi connectivity index (χ1n) is 10.7. The van der Waals surface area contributed by atoms with Crippen molar-refractivity contribution in [2.75, 3.05) is 64.8 Å². The number of rotatable bonds is 4. The van der Waals surface area contributed by atoms with E-state index in [1.54, 1.807) is 6.20 Å². The maximum absolute atomic E-state index is 12.9. The van der Waals surface area contributed by atoms with Crippen LogP contribution in [0.25, 0.3) is 0 Å². The quantitative estimate of drug-likeness (QED) is 0.845. The number of ether oxygens (including phenoxy) is 1. The van der Waals surface area contributed by atoms with Crippen molar-refractivity contribution < 1.29 is 9.53 Å². The highest BCUT2D eigenvalue weighted by Crippen LogP contribution is 2.20. The number of nitrogens with one attached hydrogen (secondary N) is 1. The highest BCUT2D eigenvalue weighted by molar-refractivity contribution is 5.94. The molecule has 1 unspecified atom stereocenters. The minimum Gasteiger partial charge on any atom is -0.379 e. The zero-order valence-corrected chi connectivity index (χ0v) is 17.0. The van der Waals surface area contributed by atoms with E-state index in [1.807, 2.05) is 17.0 Å². The van der Waals surface area contributed by atoms with Gasteiger partial charge in [0, 0.05) is 51.0 Å². The molecule has 154 valence electrons. The molecule has 1 aromatic rings. The molecule has 1 aromatic heterocycles. The van der Waals surface area contributed by atoms with Gasteiger partial charge in [-0.2, -0.15) is 0 Å². The van der Waals surface area contributed by atoms with Crippen LogP contribution in [0, 0.1) is 0 Å². The smallest absolute Gasteiger partial charge is 0.255 e. The molecule has 1 atom stereocenters. The Morgan fingerprint density at radius 3 is 2.57 bits per heavy atom. The summed E-state index contributed by atoms with van der Waals surface area (Å²) in [6.45, 7) is 7.58. The molecule has 7 nitrogen and oxygen atoms in total. The van der Waals surface area contributed by atoms with Crippen LogP contribution in [-0.4, -0.2) is 97.2 Å². The van der Waals surface area contributed by atoms with Crippen LogP contribution in [-0.2, 0) is 4.74 Å². The Kier molecular flexibility index (Phi) is 6.44. The molecule has 28 heavy (non-hydrogen) atoms. The van der Waals surface area contributed by atoms with Crippen molar-refractivity contribution in [3.8, 4) is 0 Å². The third-order valence-corrected chi connectivity index (χ3v) is 6.30. The first-order valence-corrected chi connectivity index (χ1v) is 10.7. The molecule has 1 N–H and O–H groups in total. The molecule has 7 heteroatoms. The second kappa shape index (κ2) is 9.20. The fraction of sp³-hybridized carbons (Fsp3) is 0.714. The van der Waals surface area contributed by atoms with Gasteiger partial charge in [0.25, 0.3) is 5.91 Å². The van der Waals surface area contributed by atoms with Crippen LogP contribution in [0.2, 0.25) is 0 Å². The van der Waals surface area contributed by atoms with E-state index in [1.165, 1.54) is 19.4 Å². The monoisotopic (exact) mass is 387 g/mol. The van der Waals surface area contributed by atoms with Gasteiger partial charge in [0.15, 0.2) is 0 Å². The average Bonchev–Trinajstić information content (AvgIpc) is 2.75. The summed E-state index contributed by atoms with van der Waals surface area (Å²) in [6, 6.07) is 4.89. The largest absolute Gasteiger partial charge is 0.379 e. The van der Waals surface area contributed by atoms with E-state index >= 15 is 0 Å². The van der Waals surface area contributed by atoms with Crippen molar-refractivity contribution in [2.24, 2.45) is 0 Å². The predicted molar refractivity (Wildman–Crippen MR) is 110 cm³/mol. The molecule has 0 radical (unpaired) electrons. The molecule has 0 bridgehead atoms. The van der Waals surface area contributed by atoms with Crippen LogP contribution in [0.15, 0.2) is 18.3 Å². The van der Waals surface area contributed by atoms with Gasteiger partial charge in [0.2, 0.25) is 0 Å². The van der Waals surface area contributed by atoms with Crippen molar-refractivity contribution in [3.05, 3.63) is 23.9 Å². The van der Waals surface area contributed by atoms with E-state index in [-0.39, 0.29) is 5.91 Å². The standard InChI is InChI=1S/C21H33N5O2/c1-24-8-2-3-18(16-24)23-20-5-4-17(15-22-20)21(27)26-9-6-19(7-10-26)25-11-13-28-14-12-25/h4-5,15,18-19H,2-3,6-14,16H2,1H3,(H,22,23). The average molecular weight is 388 g/mol. The number of aromatic nitrogens is 1. The second-order valence-electron chi connectivity index (χ2n) is 8.35. The maximum atomic E-state index is 12.9. The van der Waals surface area contributed by atoms with Crippen LogP contribution in [0.3, 0.4) is 0 Å². The van der Waals surface area contributed by atoms with Gasteiger partial charge < -0.3 is 19.9 Å². The first kappa shape index (κ1) is 19.6.